The zero-order valence-corrected chi connectivity index (χ0v) is 19.9. The van der Waals surface area contributed by atoms with E-state index in [-0.39, 0.29) is 17.6 Å². The highest BCUT2D eigenvalue weighted by Gasteiger charge is 2.30. The van der Waals surface area contributed by atoms with Crippen molar-refractivity contribution in [2.24, 2.45) is 13.0 Å². The highest BCUT2D eigenvalue weighted by Crippen LogP contribution is 2.31. The lowest BCUT2D eigenvalue weighted by Crippen LogP contribution is -2.40. The van der Waals surface area contributed by atoms with Crippen LogP contribution >= 0.6 is 11.3 Å². The first-order chi connectivity index (χ1) is 15.9. The number of thiophene rings is 1. The number of rotatable bonds is 4. The van der Waals surface area contributed by atoms with Crippen molar-refractivity contribution in [1.82, 2.24) is 19.7 Å². The number of fused-ring (bicyclic) bond motifs is 1. The molecule has 3 aromatic heterocycles. The topological polar surface area (TPSA) is 68.1 Å². The molecule has 0 N–H and O–H groups in total. The average Bonchev–Trinajstić information content (AvgIpc) is 3.47. The SMILES string of the molecule is Cc1ccc(C(=O)C2CCN(C(=O)c3cc(-c4cccs4)nc4c3c(C)nn4C)CC2)cc1. The minimum absolute atomic E-state index is 0.0162. The van der Waals surface area contributed by atoms with Gasteiger partial charge >= 0.3 is 0 Å². The second-order valence-corrected chi connectivity index (χ2v) is 9.68. The van der Waals surface area contributed by atoms with E-state index in [9.17, 15) is 9.59 Å². The number of benzene rings is 1. The van der Waals surface area contributed by atoms with Crippen molar-refractivity contribution in [3.63, 3.8) is 0 Å². The van der Waals surface area contributed by atoms with Gasteiger partial charge in [0.25, 0.3) is 5.91 Å². The number of aromatic nitrogens is 3. The Balaban J connectivity index is 1.40. The van der Waals surface area contributed by atoms with E-state index in [1.807, 2.05) is 73.6 Å². The Morgan fingerprint density at radius 2 is 1.79 bits per heavy atom. The van der Waals surface area contributed by atoms with E-state index >= 15 is 0 Å². The van der Waals surface area contributed by atoms with Crippen LogP contribution in [0.4, 0.5) is 0 Å². The van der Waals surface area contributed by atoms with Crippen molar-refractivity contribution in [3.8, 4) is 10.6 Å². The molecule has 1 saturated heterocycles. The Labute approximate surface area is 196 Å². The molecule has 1 aliphatic rings. The monoisotopic (exact) mass is 458 g/mol. The molecule has 1 aliphatic heterocycles. The molecule has 6 nitrogen and oxygen atoms in total. The first kappa shape index (κ1) is 21.5. The van der Waals surface area contributed by atoms with Crippen LogP contribution in [0.1, 0.15) is 44.8 Å². The second-order valence-electron chi connectivity index (χ2n) is 8.74. The molecule has 0 saturated carbocycles. The van der Waals surface area contributed by atoms with Crippen molar-refractivity contribution in [2.75, 3.05) is 13.1 Å². The fourth-order valence-electron chi connectivity index (χ4n) is 4.63. The number of hydrogen-bond acceptors (Lipinski definition) is 5. The molecule has 7 heteroatoms. The Hall–Kier alpha value is -3.32. The quantitative estimate of drug-likeness (QED) is 0.402. The van der Waals surface area contributed by atoms with Gasteiger partial charge in [-0.3, -0.25) is 14.3 Å². The van der Waals surface area contributed by atoms with Crippen molar-refractivity contribution >= 4 is 34.1 Å². The average molecular weight is 459 g/mol. The summed E-state index contributed by atoms with van der Waals surface area (Å²) in [6.07, 6.45) is 1.35. The van der Waals surface area contributed by atoms with Gasteiger partial charge in [0, 0.05) is 31.6 Å². The number of aryl methyl sites for hydroxylation is 3. The van der Waals surface area contributed by atoms with Crippen LogP contribution in [0, 0.1) is 19.8 Å². The van der Waals surface area contributed by atoms with Gasteiger partial charge in [-0.25, -0.2) is 4.98 Å². The molecule has 0 aliphatic carbocycles. The van der Waals surface area contributed by atoms with Crippen LogP contribution < -0.4 is 0 Å². The zero-order chi connectivity index (χ0) is 23.1. The molecule has 0 spiro atoms. The first-order valence-corrected chi connectivity index (χ1v) is 12.1. The Morgan fingerprint density at radius 3 is 2.45 bits per heavy atom. The number of hydrogen-bond donors (Lipinski definition) is 0. The molecule has 5 rings (SSSR count). The minimum atomic E-state index is -0.0453. The van der Waals surface area contributed by atoms with Gasteiger partial charge in [-0.1, -0.05) is 35.9 Å². The number of carbonyl (C=O) groups is 2. The lowest BCUT2D eigenvalue weighted by Gasteiger charge is -2.31. The molecular weight excluding hydrogens is 432 g/mol. The summed E-state index contributed by atoms with van der Waals surface area (Å²) in [5.41, 5.74) is 4.83. The van der Waals surface area contributed by atoms with Crippen LogP contribution in [-0.4, -0.2) is 44.4 Å². The van der Waals surface area contributed by atoms with Crippen LogP contribution in [0.25, 0.3) is 21.6 Å². The van der Waals surface area contributed by atoms with Crippen LogP contribution in [-0.2, 0) is 7.05 Å². The summed E-state index contributed by atoms with van der Waals surface area (Å²) in [5, 5.41) is 7.33. The summed E-state index contributed by atoms with van der Waals surface area (Å²) in [4.78, 5) is 34.3. The third kappa shape index (κ3) is 3.97. The predicted molar refractivity (Wildman–Crippen MR) is 131 cm³/mol. The van der Waals surface area contributed by atoms with E-state index in [0.717, 1.165) is 32.8 Å². The first-order valence-electron chi connectivity index (χ1n) is 11.2. The molecule has 33 heavy (non-hydrogen) atoms. The zero-order valence-electron chi connectivity index (χ0n) is 19.0. The number of pyridine rings is 1. The Bertz CT molecular complexity index is 1330. The van der Waals surface area contributed by atoms with Gasteiger partial charge in [0.2, 0.25) is 0 Å². The Kier molecular flexibility index (Phi) is 5.58. The molecular formula is C26H26N4O2S. The normalized spacial score (nSPS) is 14.7. The van der Waals surface area contributed by atoms with Crippen LogP contribution in [0.3, 0.4) is 0 Å². The van der Waals surface area contributed by atoms with Crippen molar-refractivity contribution < 1.29 is 9.59 Å². The summed E-state index contributed by atoms with van der Waals surface area (Å²) in [5.74, 6) is 0.116. The van der Waals surface area contributed by atoms with E-state index in [2.05, 4.69) is 5.10 Å². The lowest BCUT2D eigenvalue weighted by molar-refractivity contribution is 0.0652. The lowest BCUT2D eigenvalue weighted by atomic mass is 9.88. The third-order valence-corrected chi connectivity index (χ3v) is 7.35. The Morgan fingerprint density at radius 1 is 1.06 bits per heavy atom. The minimum Gasteiger partial charge on any atom is -0.339 e. The van der Waals surface area contributed by atoms with Crippen molar-refractivity contribution in [2.45, 2.75) is 26.7 Å². The summed E-state index contributed by atoms with van der Waals surface area (Å²) >= 11 is 1.60. The molecule has 168 valence electrons. The molecule has 1 fully saturated rings. The molecule has 4 heterocycles. The highest BCUT2D eigenvalue weighted by atomic mass is 32.1. The van der Waals surface area contributed by atoms with Crippen molar-refractivity contribution in [3.05, 3.63) is 70.2 Å². The number of nitrogens with zero attached hydrogens (tertiary/aromatic N) is 4. The maximum atomic E-state index is 13.7. The van der Waals surface area contributed by atoms with Crippen LogP contribution in [0.5, 0.6) is 0 Å². The van der Waals surface area contributed by atoms with Gasteiger partial charge in [0.1, 0.15) is 0 Å². The van der Waals surface area contributed by atoms with Gasteiger partial charge in [-0.05, 0) is 44.2 Å². The maximum Gasteiger partial charge on any atom is 0.254 e. The summed E-state index contributed by atoms with van der Waals surface area (Å²) in [6, 6.07) is 13.6. The number of ketones is 1. The predicted octanol–water partition coefficient (Wildman–Crippen LogP) is 5.05. The molecule has 0 atom stereocenters. The smallest absolute Gasteiger partial charge is 0.254 e. The van der Waals surface area contributed by atoms with E-state index in [0.29, 0.717) is 37.1 Å². The maximum absolute atomic E-state index is 13.7. The van der Waals surface area contributed by atoms with E-state index < -0.39 is 0 Å². The third-order valence-electron chi connectivity index (χ3n) is 6.46. The largest absolute Gasteiger partial charge is 0.339 e. The van der Waals surface area contributed by atoms with E-state index in [1.54, 1.807) is 16.0 Å². The van der Waals surface area contributed by atoms with Gasteiger partial charge in [0.15, 0.2) is 11.4 Å². The molecule has 1 amide bonds. The number of carbonyl (C=O) groups excluding carboxylic acids is 2. The van der Waals surface area contributed by atoms with E-state index in [4.69, 9.17) is 4.98 Å². The number of piperidine rings is 1. The molecule has 4 aromatic rings. The van der Waals surface area contributed by atoms with Gasteiger partial charge < -0.3 is 4.90 Å². The van der Waals surface area contributed by atoms with E-state index in [1.165, 1.54) is 0 Å². The second kappa shape index (κ2) is 8.56. The molecule has 0 bridgehead atoms. The number of Topliss-reactive ketones (excluding diaryl/α,β-unsaturated/α-hetero) is 1. The molecule has 0 radical (unpaired) electrons. The summed E-state index contributed by atoms with van der Waals surface area (Å²) in [7, 11) is 1.86. The standard InChI is InChI=1S/C26H26N4O2S/c1-16-6-8-18(9-7-16)24(31)19-10-12-30(13-11-19)26(32)20-15-21(22-5-4-14-33-22)27-25-23(20)17(2)28-29(25)3/h4-9,14-15,19H,10-13H2,1-3H3. The number of amides is 1. The van der Waals surface area contributed by atoms with Gasteiger partial charge in [0.05, 0.1) is 27.2 Å². The fourth-order valence-corrected chi connectivity index (χ4v) is 5.32. The summed E-state index contributed by atoms with van der Waals surface area (Å²) in [6.45, 7) is 5.07. The molecule has 0 unspecified atom stereocenters. The molecule has 1 aromatic carbocycles. The van der Waals surface area contributed by atoms with Crippen LogP contribution in [0.15, 0.2) is 47.8 Å². The summed E-state index contributed by atoms with van der Waals surface area (Å²) < 4.78 is 1.74. The van der Waals surface area contributed by atoms with Crippen LogP contribution in [0.2, 0.25) is 0 Å². The fraction of sp³-hybridized carbons (Fsp3) is 0.308. The highest BCUT2D eigenvalue weighted by molar-refractivity contribution is 7.13. The van der Waals surface area contributed by atoms with Gasteiger partial charge in [-0.2, -0.15) is 5.10 Å². The number of likely N-dealkylation sites (tertiary alicyclic amines) is 1. The van der Waals surface area contributed by atoms with Gasteiger partial charge in [-0.15, -0.1) is 11.3 Å². The van der Waals surface area contributed by atoms with Crippen molar-refractivity contribution in [1.29, 1.82) is 0 Å².